The van der Waals surface area contributed by atoms with Crippen molar-refractivity contribution in [2.75, 3.05) is 26.2 Å². The summed E-state index contributed by atoms with van der Waals surface area (Å²) in [7, 11) is 0. The van der Waals surface area contributed by atoms with Gasteiger partial charge in [0, 0.05) is 44.3 Å². The molecule has 0 spiro atoms. The maximum absolute atomic E-state index is 12.8. The number of amides is 1. The lowest BCUT2D eigenvalue weighted by Crippen LogP contribution is -2.35. The van der Waals surface area contributed by atoms with Crippen molar-refractivity contribution >= 4 is 22.9 Å². The molecule has 1 amide bonds. The Labute approximate surface area is 143 Å². The third-order valence-electron chi connectivity index (χ3n) is 4.28. The Morgan fingerprint density at radius 2 is 2.17 bits per heavy atom. The van der Waals surface area contributed by atoms with E-state index in [0.29, 0.717) is 5.56 Å². The molecule has 0 unspecified atom stereocenters. The van der Waals surface area contributed by atoms with Crippen LogP contribution in [0, 0.1) is 0 Å². The fraction of sp³-hybridized carbons (Fsp3) is 0.375. The van der Waals surface area contributed by atoms with Crippen LogP contribution in [0.3, 0.4) is 0 Å². The Kier molecular flexibility index (Phi) is 4.22. The van der Waals surface area contributed by atoms with Gasteiger partial charge in [0.05, 0.1) is 16.8 Å². The Morgan fingerprint density at radius 1 is 1.21 bits per heavy atom. The number of carbonyl (C=O) groups excluding carboxylic acids is 1. The smallest absolute Gasteiger partial charge is 0.255 e. The highest BCUT2D eigenvalue weighted by Crippen LogP contribution is 2.13. The minimum atomic E-state index is 0.0705. The van der Waals surface area contributed by atoms with Gasteiger partial charge in [0.1, 0.15) is 6.33 Å². The van der Waals surface area contributed by atoms with Crippen molar-refractivity contribution in [3.05, 3.63) is 46.8 Å². The van der Waals surface area contributed by atoms with Crippen LogP contribution in [0.1, 0.15) is 22.5 Å². The third-order valence-corrected chi connectivity index (χ3v) is 4.92. The van der Waals surface area contributed by atoms with Crippen LogP contribution in [0.25, 0.3) is 5.65 Å². The predicted molar refractivity (Wildman–Crippen MR) is 90.9 cm³/mol. The zero-order chi connectivity index (χ0) is 16.4. The molecule has 0 saturated carbocycles. The first-order valence-electron chi connectivity index (χ1n) is 7.98. The van der Waals surface area contributed by atoms with E-state index in [1.165, 1.54) is 0 Å². The molecule has 4 heterocycles. The highest BCUT2D eigenvalue weighted by atomic mass is 32.1. The summed E-state index contributed by atoms with van der Waals surface area (Å²) in [5, 5.41) is 9.90. The molecule has 124 valence electrons. The quantitative estimate of drug-likeness (QED) is 0.722. The molecule has 1 saturated heterocycles. The van der Waals surface area contributed by atoms with Gasteiger partial charge in [-0.15, -0.1) is 21.5 Å². The number of aromatic nitrogens is 4. The summed E-state index contributed by atoms with van der Waals surface area (Å²) in [6.07, 6.45) is 4.39. The molecule has 0 aliphatic carbocycles. The Hall–Kier alpha value is -2.32. The predicted octanol–water partition coefficient (Wildman–Crippen LogP) is 1.53. The number of hydrogen-bond acceptors (Lipinski definition) is 6. The van der Waals surface area contributed by atoms with Crippen molar-refractivity contribution in [2.24, 2.45) is 0 Å². The van der Waals surface area contributed by atoms with Gasteiger partial charge in [0.2, 0.25) is 0 Å². The van der Waals surface area contributed by atoms with Crippen LogP contribution in [-0.4, -0.2) is 61.5 Å². The first kappa shape index (κ1) is 15.2. The second-order valence-corrected chi connectivity index (χ2v) is 6.63. The molecule has 8 heteroatoms. The third kappa shape index (κ3) is 3.15. The van der Waals surface area contributed by atoms with Crippen LogP contribution in [0.15, 0.2) is 35.5 Å². The maximum atomic E-state index is 12.8. The van der Waals surface area contributed by atoms with Crippen LogP contribution >= 0.6 is 11.3 Å². The van der Waals surface area contributed by atoms with E-state index in [1.54, 1.807) is 28.3 Å². The number of hydrogen-bond donors (Lipinski definition) is 0. The molecule has 1 fully saturated rings. The fourth-order valence-electron chi connectivity index (χ4n) is 3.01. The van der Waals surface area contributed by atoms with E-state index in [4.69, 9.17) is 0 Å². The lowest BCUT2D eigenvalue weighted by molar-refractivity contribution is 0.0760. The van der Waals surface area contributed by atoms with Gasteiger partial charge >= 0.3 is 0 Å². The molecule has 0 atom stereocenters. The standard InChI is InChI=1S/C16H18N6OS/c23-16(13-2-3-15-19-18-11-22(15)8-13)21-5-1-4-20(6-7-21)9-14-10-24-12-17-14/h2-3,8,10-12H,1,4-7,9H2. The van der Waals surface area contributed by atoms with Crippen LogP contribution in [0.2, 0.25) is 0 Å². The molecule has 3 aromatic heterocycles. The minimum absolute atomic E-state index is 0.0705. The fourth-order valence-corrected chi connectivity index (χ4v) is 3.56. The molecule has 0 bridgehead atoms. The van der Waals surface area contributed by atoms with Crippen LogP contribution in [0.5, 0.6) is 0 Å². The molecule has 7 nitrogen and oxygen atoms in total. The summed E-state index contributed by atoms with van der Waals surface area (Å²) in [5.74, 6) is 0.0705. The molecular formula is C16H18N6OS. The van der Waals surface area contributed by atoms with Gasteiger partial charge in [-0.25, -0.2) is 4.98 Å². The van der Waals surface area contributed by atoms with Gasteiger partial charge in [0.15, 0.2) is 5.65 Å². The van der Waals surface area contributed by atoms with Gasteiger partial charge in [-0.2, -0.15) is 0 Å². The summed E-state index contributed by atoms with van der Waals surface area (Å²) in [5.41, 5.74) is 4.40. The van der Waals surface area contributed by atoms with Gasteiger partial charge < -0.3 is 4.90 Å². The average Bonchev–Trinajstić information content (AvgIpc) is 3.22. The lowest BCUT2D eigenvalue weighted by atomic mass is 10.2. The average molecular weight is 342 g/mol. The normalized spacial score (nSPS) is 16.4. The Bertz CT molecular complexity index is 830. The molecule has 0 N–H and O–H groups in total. The van der Waals surface area contributed by atoms with Crippen molar-refractivity contribution in [2.45, 2.75) is 13.0 Å². The van der Waals surface area contributed by atoms with Crippen molar-refractivity contribution in [1.29, 1.82) is 0 Å². The number of nitrogens with zero attached hydrogens (tertiary/aromatic N) is 6. The van der Waals surface area contributed by atoms with Crippen molar-refractivity contribution < 1.29 is 4.79 Å². The summed E-state index contributed by atoms with van der Waals surface area (Å²) in [6.45, 7) is 4.25. The van der Waals surface area contributed by atoms with E-state index in [2.05, 4.69) is 25.5 Å². The summed E-state index contributed by atoms with van der Waals surface area (Å²) in [4.78, 5) is 21.4. The van der Waals surface area contributed by atoms with Crippen molar-refractivity contribution in [1.82, 2.24) is 29.4 Å². The number of rotatable bonds is 3. The summed E-state index contributed by atoms with van der Waals surface area (Å²) < 4.78 is 1.78. The molecule has 24 heavy (non-hydrogen) atoms. The van der Waals surface area contributed by atoms with Crippen LogP contribution in [0.4, 0.5) is 0 Å². The van der Waals surface area contributed by atoms with Gasteiger partial charge in [-0.05, 0) is 18.6 Å². The topological polar surface area (TPSA) is 66.6 Å². The Morgan fingerprint density at radius 3 is 3.04 bits per heavy atom. The molecule has 0 aromatic carbocycles. The SMILES string of the molecule is O=C(c1ccc2nncn2c1)N1CCCN(Cc2cscn2)CC1. The van der Waals surface area contributed by atoms with E-state index in [0.717, 1.165) is 50.5 Å². The van der Waals surface area contributed by atoms with Crippen molar-refractivity contribution in [3.63, 3.8) is 0 Å². The Balaban J connectivity index is 1.43. The van der Waals surface area contributed by atoms with Crippen molar-refractivity contribution in [3.8, 4) is 0 Å². The molecule has 1 aliphatic heterocycles. The molecule has 4 rings (SSSR count). The monoisotopic (exact) mass is 342 g/mol. The van der Waals surface area contributed by atoms with Crippen LogP contribution in [-0.2, 0) is 6.54 Å². The molecule has 1 aliphatic rings. The van der Waals surface area contributed by atoms with Gasteiger partial charge in [0.25, 0.3) is 5.91 Å². The second-order valence-electron chi connectivity index (χ2n) is 5.92. The first-order chi connectivity index (χ1) is 11.8. The van der Waals surface area contributed by atoms with Gasteiger partial charge in [-0.3, -0.25) is 14.1 Å². The highest BCUT2D eigenvalue weighted by Gasteiger charge is 2.21. The van der Waals surface area contributed by atoms with Crippen LogP contribution < -0.4 is 0 Å². The second kappa shape index (κ2) is 6.66. The van der Waals surface area contributed by atoms with Gasteiger partial charge in [-0.1, -0.05) is 0 Å². The van der Waals surface area contributed by atoms with E-state index in [1.807, 2.05) is 22.5 Å². The largest absolute Gasteiger partial charge is 0.337 e. The zero-order valence-corrected chi connectivity index (χ0v) is 14.0. The maximum Gasteiger partial charge on any atom is 0.255 e. The molecule has 3 aromatic rings. The number of pyridine rings is 1. The first-order valence-corrected chi connectivity index (χ1v) is 8.92. The highest BCUT2D eigenvalue weighted by molar-refractivity contribution is 7.07. The number of fused-ring (bicyclic) bond motifs is 1. The number of thiazole rings is 1. The molecular weight excluding hydrogens is 324 g/mol. The van der Waals surface area contributed by atoms with E-state index >= 15 is 0 Å². The van der Waals surface area contributed by atoms with E-state index < -0.39 is 0 Å². The lowest BCUT2D eigenvalue weighted by Gasteiger charge is -2.21. The molecule has 0 radical (unpaired) electrons. The van der Waals surface area contributed by atoms with E-state index in [9.17, 15) is 4.79 Å². The summed E-state index contributed by atoms with van der Waals surface area (Å²) in [6, 6.07) is 3.65. The zero-order valence-electron chi connectivity index (χ0n) is 13.2. The van der Waals surface area contributed by atoms with E-state index in [-0.39, 0.29) is 5.91 Å². The minimum Gasteiger partial charge on any atom is -0.337 e. The summed E-state index contributed by atoms with van der Waals surface area (Å²) >= 11 is 1.62. The number of carbonyl (C=O) groups is 1.